The number of rotatable bonds is 2. The molecule has 0 heterocycles. The molecule has 1 aromatic rings. The lowest BCUT2D eigenvalue weighted by atomic mass is 9.97. The highest BCUT2D eigenvalue weighted by Gasteiger charge is 2.39. The zero-order valence-electron chi connectivity index (χ0n) is 8.09. The number of benzene rings is 1. The van der Waals surface area contributed by atoms with Gasteiger partial charge in [-0.3, -0.25) is 0 Å². The van der Waals surface area contributed by atoms with E-state index >= 15 is 0 Å². The zero-order chi connectivity index (χ0) is 10.2. The van der Waals surface area contributed by atoms with Gasteiger partial charge in [0.1, 0.15) is 5.60 Å². The lowest BCUT2D eigenvalue weighted by molar-refractivity contribution is -0.0553. The van der Waals surface area contributed by atoms with E-state index in [1.165, 1.54) is 0 Å². The molecule has 2 rings (SSSR count). The smallest absolute Gasteiger partial charge is 0.116 e. The quantitative estimate of drug-likeness (QED) is 0.814. The first kappa shape index (κ1) is 9.97. The second-order valence-electron chi connectivity index (χ2n) is 3.62. The second kappa shape index (κ2) is 3.54. The summed E-state index contributed by atoms with van der Waals surface area (Å²) in [6.45, 7) is 0.0108. The monoisotopic (exact) mass is 212 g/mol. The van der Waals surface area contributed by atoms with Crippen molar-refractivity contribution in [3.63, 3.8) is 0 Å². The number of hydrogen-bond donors (Lipinski definition) is 1. The topological polar surface area (TPSA) is 29.5 Å². The molecule has 1 aliphatic carbocycles. The Kier molecular flexibility index (Phi) is 2.52. The number of fused-ring (bicyclic) bond motifs is 1. The summed E-state index contributed by atoms with van der Waals surface area (Å²) in [6, 6.07) is 5.76. The molecule has 14 heavy (non-hydrogen) atoms. The minimum Gasteiger partial charge on any atom is -0.393 e. The summed E-state index contributed by atoms with van der Waals surface area (Å²) in [7, 11) is 1.63. The first-order valence-electron chi connectivity index (χ1n) is 4.67. The van der Waals surface area contributed by atoms with Gasteiger partial charge >= 0.3 is 0 Å². The van der Waals surface area contributed by atoms with Crippen molar-refractivity contribution in [2.75, 3.05) is 13.7 Å². The minimum atomic E-state index is -0.528. The molecule has 0 amide bonds. The fourth-order valence-corrected chi connectivity index (χ4v) is 2.41. The Labute approximate surface area is 88.5 Å². The molecular weight excluding hydrogens is 200 g/mol. The molecule has 1 atom stereocenters. The van der Waals surface area contributed by atoms with E-state index in [0.29, 0.717) is 0 Å². The first-order chi connectivity index (χ1) is 6.73. The van der Waals surface area contributed by atoms with Gasteiger partial charge in [0.2, 0.25) is 0 Å². The van der Waals surface area contributed by atoms with Gasteiger partial charge in [-0.1, -0.05) is 23.7 Å². The molecule has 1 aliphatic rings. The lowest BCUT2D eigenvalue weighted by Crippen LogP contribution is -2.29. The Hall–Kier alpha value is -0.570. The summed E-state index contributed by atoms with van der Waals surface area (Å²) in [6.07, 6.45) is 1.68. The molecule has 0 saturated heterocycles. The van der Waals surface area contributed by atoms with Crippen LogP contribution in [-0.4, -0.2) is 18.8 Å². The van der Waals surface area contributed by atoms with Gasteiger partial charge in [0.05, 0.1) is 6.61 Å². The van der Waals surface area contributed by atoms with E-state index in [1.54, 1.807) is 7.11 Å². The van der Waals surface area contributed by atoms with Gasteiger partial charge in [0, 0.05) is 12.1 Å². The Morgan fingerprint density at radius 2 is 2.36 bits per heavy atom. The van der Waals surface area contributed by atoms with Crippen molar-refractivity contribution in [2.24, 2.45) is 0 Å². The fourth-order valence-electron chi connectivity index (χ4n) is 2.14. The molecule has 0 spiro atoms. The van der Waals surface area contributed by atoms with Gasteiger partial charge in [-0.05, 0) is 30.0 Å². The van der Waals surface area contributed by atoms with E-state index in [0.717, 1.165) is 29.0 Å². The summed E-state index contributed by atoms with van der Waals surface area (Å²) < 4.78 is 5.42. The molecular formula is C11H13ClO2. The molecule has 1 N–H and O–H groups in total. The molecule has 3 heteroatoms. The van der Waals surface area contributed by atoms with Crippen LogP contribution in [0.2, 0.25) is 5.02 Å². The van der Waals surface area contributed by atoms with Crippen molar-refractivity contribution < 1.29 is 9.84 Å². The van der Waals surface area contributed by atoms with E-state index in [9.17, 15) is 5.11 Å². The maximum atomic E-state index is 9.39. The average Bonchev–Trinajstić information content (AvgIpc) is 2.59. The molecule has 76 valence electrons. The Morgan fingerprint density at radius 1 is 1.57 bits per heavy atom. The summed E-state index contributed by atoms with van der Waals surface area (Å²) in [4.78, 5) is 0. The fraction of sp³-hybridized carbons (Fsp3) is 0.455. The zero-order valence-corrected chi connectivity index (χ0v) is 8.84. The number of halogens is 1. The number of methoxy groups -OCH3 is 1. The van der Waals surface area contributed by atoms with Crippen molar-refractivity contribution in [2.45, 2.75) is 18.4 Å². The van der Waals surface area contributed by atoms with Gasteiger partial charge < -0.3 is 9.84 Å². The van der Waals surface area contributed by atoms with E-state index in [1.807, 2.05) is 18.2 Å². The van der Waals surface area contributed by atoms with Crippen LogP contribution in [0, 0.1) is 0 Å². The number of aliphatic hydroxyl groups excluding tert-OH is 1. The molecule has 0 bridgehead atoms. The summed E-state index contributed by atoms with van der Waals surface area (Å²) >= 11 is 6.07. The van der Waals surface area contributed by atoms with Gasteiger partial charge in [-0.2, -0.15) is 0 Å². The predicted octanol–water partition coefficient (Wildman–Crippen LogP) is 2.12. The standard InChI is InChI=1S/C11H13ClO2/c1-14-11(7-13)6-5-8-9(11)3-2-4-10(8)12/h2-4,13H,5-7H2,1H3. The Balaban J connectivity index is 2.53. The van der Waals surface area contributed by atoms with Gasteiger partial charge in [-0.25, -0.2) is 0 Å². The van der Waals surface area contributed by atoms with E-state index in [-0.39, 0.29) is 6.61 Å². The Bertz CT molecular complexity index is 345. The third-order valence-electron chi connectivity index (χ3n) is 3.03. The molecule has 0 fully saturated rings. The van der Waals surface area contributed by atoms with E-state index in [2.05, 4.69) is 0 Å². The van der Waals surface area contributed by atoms with Crippen LogP contribution in [0.15, 0.2) is 18.2 Å². The highest BCUT2D eigenvalue weighted by molar-refractivity contribution is 6.31. The maximum absolute atomic E-state index is 9.39. The predicted molar refractivity (Wildman–Crippen MR) is 55.5 cm³/mol. The molecule has 1 unspecified atom stereocenters. The summed E-state index contributed by atoms with van der Waals surface area (Å²) in [5, 5.41) is 10.2. The maximum Gasteiger partial charge on any atom is 0.116 e. The third kappa shape index (κ3) is 1.26. The molecule has 0 saturated carbocycles. The van der Waals surface area contributed by atoms with Crippen molar-refractivity contribution in [1.82, 2.24) is 0 Å². The number of aliphatic hydroxyl groups is 1. The highest BCUT2D eigenvalue weighted by Crippen LogP contribution is 2.41. The first-order valence-corrected chi connectivity index (χ1v) is 5.05. The third-order valence-corrected chi connectivity index (χ3v) is 3.39. The van der Waals surface area contributed by atoms with Crippen LogP contribution in [0.25, 0.3) is 0 Å². The SMILES string of the molecule is COC1(CO)CCc2c(Cl)cccc21. The van der Waals surface area contributed by atoms with E-state index < -0.39 is 5.60 Å². The van der Waals surface area contributed by atoms with Crippen LogP contribution in [0.4, 0.5) is 0 Å². The lowest BCUT2D eigenvalue weighted by Gasteiger charge is -2.26. The van der Waals surface area contributed by atoms with Crippen molar-refractivity contribution in [3.05, 3.63) is 34.3 Å². The number of ether oxygens (including phenoxy) is 1. The average molecular weight is 213 g/mol. The summed E-state index contributed by atoms with van der Waals surface area (Å²) in [5.74, 6) is 0. The second-order valence-corrected chi connectivity index (χ2v) is 4.03. The van der Waals surface area contributed by atoms with Crippen molar-refractivity contribution in [3.8, 4) is 0 Å². The van der Waals surface area contributed by atoms with Gasteiger partial charge in [0.15, 0.2) is 0 Å². The van der Waals surface area contributed by atoms with Gasteiger partial charge in [0.25, 0.3) is 0 Å². The molecule has 0 radical (unpaired) electrons. The largest absolute Gasteiger partial charge is 0.393 e. The minimum absolute atomic E-state index is 0.0108. The van der Waals surface area contributed by atoms with Crippen LogP contribution >= 0.6 is 11.6 Å². The van der Waals surface area contributed by atoms with Crippen LogP contribution in [0.5, 0.6) is 0 Å². The normalized spacial score (nSPS) is 25.1. The molecule has 0 aromatic heterocycles. The van der Waals surface area contributed by atoms with Crippen LogP contribution in [-0.2, 0) is 16.8 Å². The van der Waals surface area contributed by atoms with Crippen LogP contribution in [0.1, 0.15) is 17.5 Å². The Morgan fingerprint density at radius 3 is 3.00 bits per heavy atom. The van der Waals surface area contributed by atoms with Crippen molar-refractivity contribution in [1.29, 1.82) is 0 Å². The molecule has 0 aliphatic heterocycles. The van der Waals surface area contributed by atoms with Crippen LogP contribution < -0.4 is 0 Å². The summed E-state index contributed by atoms with van der Waals surface area (Å²) in [5.41, 5.74) is 1.63. The van der Waals surface area contributed by atoms with Gasteiger partial charge in [-0.15, -0.1) is 0 Å². The highest BCUT2D eigenvalue weighted by atomic mass is 35.5. The van der Waals surface area contributed by atoms with Crippen molar-refractivity contribution >= 4 is 11.6 Å². The van der Waals surface area contributed by atoms with E-state index in [4.69, 9.17) is 16.3 Å². The molecule has 2 nitrogen and oxygen atoms in total. The number of hydrogen-bond acceptors (Lipinski definition) is 2. The molecule has 1 aromatic carbocycles. The van der Waals surface area contributed by atoms with Crippen LogP contribution in [0.3, 0.4) is 0 Å².